The summed E-state index contributed by atoms with van der Waals surface area (Å²) in [6.07, 6.45) is 1.25. The molecule has 2 N–H and O–H groups in total. The number of unbranched alkanes of at least 4 members (excludes halogenated alkanes) is 1. The van der Waals surface area contributed by atoms with Crippen LogP contribution in [0.3, 0.4) is 0 Å². The maximum Gasteiger partial charge on any atom is 0.305 e. The lowest BCUT2D eigenvalue weighted by molar-refractivity contribution is -0.146. The van der Waals surface area contributed by atoms with Crippen molar-refractivity contribution in [2.75, 3.05) is 106 Å². The van der Waals surface area contributed by atoms with Crippen molar-refractivity contribution in [2.24, 2.45) is 0 Å². The average molecular weight is 499 g/mol. The van der Waals surface area contributed by atoms with E-state index in [0.29, 0.717) is 98.7 Å². The second kappa shape index (κ2) is 27.9. The molecule has 0 heterocycles. The van der Waals surface area contributed by atoms with Crippen LogP contribution in [0.25, 0.3) is 0 Å². The lowest BCUT2D eigenvalue weighted by Crippen LogP contribution is -2.15. The molecule has 0 saturated heterocycles. The molecule has 0 bridgehead atoms. The molecule has 0 saturated carbocycles. The Kier molecular flexibility index (Phi) is 26.7. The third kappa shape index (κ3) is 28.7. The molecule has 0 spiro atoms. The summed E-state index contributed by atoms with van der Waals surface area (Å²) < 4.78 is 42.1. The van der Waals surface area contributed by atoms with E-state index in [0.717, 1.165) is 0 Å². The second-order valence-corrected chi connectivity index (χ2v) is 6.83. The molecule has 12 heteroatoms. The Hall–Kier alpha value is -1.38. The van der Waals surface area contributed by atoms with Crippen LogP contribution in [0.5, 0.6) is 0 Å². The highest BCUT2D eigenvalue weighted by Gasteiger charge is 2.04. The SMILES string of the molecule is O=C(O)CCCCC(=O)OCCOCCOCCOCCOCCOCCOCCOCCO. The summed E-state index contributed by atoms with van der Waals surface area (Å²) in [5, 5.41) is 17.0. The van der Waals surface area contributed by atoms with E-state index in [4.69, 9.17) is 48.1 Å². The number of carboxylic acids is 1. The normalized spacial score (nSPS) is 11.1. The Morgan fingerprint density at radius 3 is 1.15 bits per heavy atom. The van der Waals surface area contributed by atoms with E-state index in [1.807, 2.05) is 0 Å². The first kappa shape index (κ1) is 32.6. The van der Waals surface area contributed by atoms with Crippen LogP contribution in [0.2, 0.25) is 0 Å². The maximum absolute atomic E-state index is 11.4. The Morgan fingerprint density at radius 2 is 0.794 bits per heavy atom. The molecule has 0 fully saturated rings. The molecule has 0 rings (SSSR count). The Balaban J connectivity index is 3.10. The van der Waals surface area contributed by atoms with E-state index in [1.54, 1.807) is 0 Å². The van der Waals surface area contributed by atoms with E-state index >= 15 is 0 Å². The lowest BCUT2D eigenvalue weighted by Gasteiger charge is -2.08. The second-order valence-electron chi connectivity index (χ2n) is 6.83. The monoisotopic (exact) mass is 498 g/mol. The predicted octanol–water partition coefficient (Wildman–Crippen LogP) is 0.283. The third-order valence-electron chi connectivity index (χ3n) is 3.98. The predicted molar refractivity (Wildman–Crippen MR) is 120 cm³/mol. The molecule has 0 aliphatic rings. The molecular weight excluding hydrogens is 456 g/mol. The summed E-state index contributed by atoms with van der Waals surface area (Å²) in [5.74, 6) is -1.21. The Labute approximate surface area is 201 Å². The van der Waals surface area contributed by atoms with Crippen molar-refractivity contribution in [2.45, 2.75) is 25.7 Å². The van der Waals surface area contributed by atoms with Gasteiger partial charge in [0.15, 0.2) is 0 Å². The Morgan fingerprint density at radius 1 is 0.471 bits per heavy atom. The zero-order valence-corrected chi connectivity index (χ0v) is 20.1. The van der Waals surface area contributed by atoms with Crippen molar-refractivity contribution in [3.63, 3.8) is 0 Å². The minimum absolute atomic E-state index is 0.0166. The topological polar surface area (TPSA) is 148 Å². The molecule has 0 aromatic rings. The fourth-order valence-corrected chi connectivity index (χ4v) is 2.32. The molecule has 0 aromatic carbocycles. The summed E-state index contributed by atoms with van der Waals surface area (Å²) in [4.78, 5) is 21.8. The fourth-order valence-electron chi connectivity index (χ4n) is 2.32. The van der Waals surface area contributed by atoms with Crippen LogP contribution in [-0.2, 0) is 47.5 Å². The molecule has 0 aliphatic carbocycles. The van der Waals surface area contributed by atoms with Crippen molar-refractivity contribution < 1.29 is 57.7 Å². The van der Waals surface area contributed by atoms with Gasteiger partial charge >= 0.3 is 11.9 Å². The highest BCUT2D eigenvalue weighted by atomic mass is 16.6. The van der Waals surface area contributed by atoms with E-state index in [1.165, 1.54) is 0 Å². The highest BCUT2D eigenvalue weighted by Crippen LogP contribution is 2.01. The molecule has 0 aromatic heterocycles. The quantitative estimate of drug-likeness (QED) is 0.113. The van der Waals surface area contributed by atoms with Gasteiger partial charge in [0.25, 0.3) is 0 Å². The van der Waals surface area contributed by atoms with Gasteiger partial charge in [0.2, 0.25) is 0 Å². The number of carbonyl (C=O) groups excluding carboxylic acids is 1. The zero-order valence-electron chi connectivity index (χ0n) is 20.1. The molecular formula is C22H42O12. The summed E-state index contributed by atoms with van der Waals surface area (Å²) in [6.45, 7) is 6.34. The first-order valence-electron chi connectivity index (χ1n) is 11.7. The van der Waals surface area contributed by atoms with Crippen LogP contribution < -0.4 is 0 Å². The van der Waals surface area contributed by atoms with Crippen molar-refractivity contribution in [3.8, 4) is 0 Å². The minimum atomic E-state index is -0.862. The zero-order chi connectivity index (χ0) is 25.0. The first-order chi connectivity index (χ1) is 16.7. The van der Waals surface area contributed by atoms with Crippen LogP contribution in [-0.4, -0.2) is 128 Å². The van der Waals surface area contributed by atoms with Gasteiger partial charge in [0.1, 0.15) is 6.61 Å². The van der Waals surface area contributed by atoms with Gasteiger partial charge in [-0.2, -0.15) is 0 Å². The molecule has 34 heavy (non-hydrogen) atoms. The van der Waals surface area contributed by atoms with Crippen molar-refractivity contribution >= 4 is 11.9 Å². The van der Waals surface area contributed by atoms with Crippen LogP contribution in [0.1, 0.15) is 25.7 Å². The molecule has 0 amide bonds. The van der Waals surface area contributed by atoms with Gasteiger partial charge in [-0.15, -0.1) is 0 Å². The Bertz CT molecular complexity index is 450. The van der Waals surface area contributed by atoms with Crippen LogP contribution in [0.4, 0.5) is 0 Å². The van der Waals surface area contributed by atoms with Crippen LogP contribution in [0.15, 0.2) is 0 Å². The number of rotatable bonds is 28. The minimum Gasteiger partial charge on any atom is -0.481 e. The largest absolute Gasteiger partial charge is 0.481 e. The van der Waals surface area contributed by atoms with Crippen LogP contribution in [0, 0.1) is 0 Å². The molecule has 0 unspecified atom stereocenters. The summed E-state index contributed by atoms with van der Waals surface area (Å²) in [5.41, 5.74) is 0. The van der Waals surface area contributed by atoms with E-state index < -0.39 is 5.97 Å². The number of carboxylic acid groups (broad SMARTS) is 1. The van der Waals surface area contributed by atoms with Gasteiger partial charge in [0, 0.05) is 12.8 Å². The maximum atomic E-state index is 11.4. The number of aliphatic hydroxyl groups is 1. The van der Waals surface area contributed by atoms with Gasteiger partial charge < -0.3 is 48.1 Å². The number of aliphatic hydroxyl groups excluding tert-OH is 1. The van der Waals surface area contributed by atoms with Gasteiger partial charge in [-0.1, -0.05) is 0 Å². The smallest absolute Gasteiger partial charge is 0.305 e. The number of esters is 1. The van der Waals surface area contributed by atoms with Gasteiger partial charge in [-0.3, -0.25) is 9.59 Å². The van der Waals surface area contributed by atoms with Gasteiger partial charge in [0.05, 0.1) is 99.1 Å². The first-order valence-corrected chi connectivity index (χ1v) is 11.7. The van der Waals surface area contributed by atoms with E-state index in [2.05, 4.69) is 0 Å². The number of hydrogen-bond acceptors (Lipinski definition) is 11. The lowest BCUT2D eigenvalue weighted by atomic mass is 10.2. The summed E-state index contributed by atoms with van der Waals surface area (Å²) >= 11 is 0. The van der Waals surface area contributed by atoms with Crippen molar-refractivity contribution in [3.05, 3.63) is 0 Å². The van der Waals surface area contributed by atoms with Crippen molar-refractivity contribution in [1.82, 2.24) is 0 Å². The number of aliphatic carboxylic acids is 1. The van der Waals surface area contributed by atoms with E-state index in [9.17, 15) is 9.59 Å². The van der Waals surface area contributed by atoms with Gasteiger partial charge in [-0.25, -0.2) is 0 Å². The van der Waals surface area contributed by atoms with Gasteiger partial charge in [-0.05, 0) is 12.8 Å². The number of ether oxygens (including phenoxy) is 8. The molecule has 0 radical (unpaired) electrons. The average Bonchev–Trinajstić information content (AvgIpc) is 2.82. The molecule has 12 nitrogen and oxygen atoms in total. The third-order valence-corrected chi connectivity index (χ3v) is 3.98. The highest BCUT2D eigenvalue weighted by molar-refractivity contribution is 5.69. The van der Waals surface area contributed by atoms with Crippen LogP contribution >= 0.6 is 0 Å². The number of carbonyl (C=O) groups is 2. The van der Waals surface area contributed by atoms with Crippen molar-refractivity contribution in [1.29, 1.82) is 0 Å². The summed E-state index contributed by atoms with van der Waals surface area (Å²) in [7, 11) is 0. The molecule has 202 valence electrons. The molecule has 0 atom stereocenters. The molecule has 0 aliphatic heterocycles. The van der Waals surface area contributed by atoms with E-state index in [-0.39, 0.29) is 38.6 Å². The summed E-state index contributed by atoms with van der Waals surface area (Å²) in [6, 6.07) is 0. The standard InChI is InChI=1S/C22H42O12/c23-5-6-27-7-8-28-9-10-29-11-12-30-13-14-31-15-16-32-17-18-33-19-20-34-22(26)4-2-1-3-21(24)25/h23H,1-20H2,(H,24,25). The number of hydrogen-bond donors (Lipinski definition) is 2. The fraction of sp³-hybridized carbons (Fsp3) is 0.909.